The maximum atomic E-state index is 12.3. The number of carbonyl (C=O) groups is 1. The lowest BCUT2D eigenvalue weighted by Gasteiger charge is -2.01. The van der Waals surface area contributed by atoms with Gasteiger partial charge in [0.15, 0.2) is 10.8 Å². The topological polar surface area (TPSA) is 84.7 Å². The number of thiazole rings is 1. The summed E-state index contributed by atoms with van der Waals surface area (Å²) >= 11 is 1.31. The van der Waals surface area contributed by atoms with Crippen molar-refractivity contribution in [2.75, 3.05) is 18.9 Å². The summed E-state index contributed by atoms with van der Waals surface area (Å²) in [6.07, 6.45) is 4.97. The molecule has 0 bridgehead atoms. The zero-order valence-electron chi connectivity index (χ0n) is 13.5. The fourth-order valence-electron chi connectivity index (χ4n) is 2.50. The Balaban J connectivity index is 1.97. The van der Waals surface area contributed by atoms with Crippen LogP contribution in [0, 0.1) is 0 Å². The molecule has 3 heterocycles. The molecule has 0 aromatic carbocycles. The summed E-state index contributed by atoms with van der Waals surface area (Å²) in [7, 11) is 3.72. The van der Waals surface area contributed by atoms with Crippen LogP contribution in [0.1, 0.15) is 36.0 Å². The van der Waals surface area contributed by atoms with Gasteiger partial charge >= 0.3 is 0 Å². The number of rotatable bonds is 6. The van der Waals surface area contributed by atoms with E-state index in [0.717, 1.165) is 40.6 Å². The van der Waals surface area contributed by atoms with E-state index in [1.54, 1.807) is 6.33 Å². The smallest absolute Gasteiger partial charge is 0.280 e. The second-order valence-corrected chi connectivity index (χ2v) is 6.38. The SMILES string of the molecule is CCCCCNC(=O)c1nc2c(nc(NC)c3ncn(C)c32)s1. The number of carbonyl (C=O) groups excluding carboxylic acids is 1. The first-order chi connectivity index (χ1) is 11.2. The van der Waals surface area contributed by atoms with E-state index in [-0.39, 0.29) is 5.91 Å². The minimum absolute atomic E-state index is 0.134. The fourth-order valence-corrected chi connectivity index (χ4v) is 3.36. The highest BCUT2D eigenvalue weighted by Gasteiger charge is 2.19. The van der Waals surface area contributed by atoms with Crippen LogP contribution in [-0.2, 0) is 7.05 Å². The Morgan fingerprint density at radius 3 is 2.87 bits per heavy atom. The summed E-state index contributed by atoms with van der Waals surface area (Å²) in [4.78, 5) is 26.4. The number of fused-ring (bicyclic) bond motifs is 3. The van der Waals surface area contributed by atoms with E-state index in [0.29, 0.717) is 17.4 Å². The van der Waals surface area contributed by atoms with Gasteiger partial charge in [-0.15, -0.1) is 0 Å². The quantitative estimate of drug-likeness (QED) is 0.678. The average molecular weight is 332 g/mol. The molecule has 23 heavy (non-hydrogen) atoms. The van der Waals surface area contributed by atoms with Crippen LogP contribution in [0.2, 0.25) is 0 Å². The molecule has 2 N–H and O–H groups in total. The lowest BCUT2D eigenvalue weighted by atomic mass is 10.2. The molecule has 3 rings (SSSR count). The molecule has 7 nitrogen and oxygen atoms in total. The van der Waals surface area contributed by atoms with Crippen LogP contribution in [0.4, 0.5) is 5.82 Å². The number of nitrogens with one attached hydrogen (secondary N) is 2. The summed E-state index contributed by atoms with van der Waals surface area (Å²) < 4.78 is 1.91. The standard InChI is InChI=1S/C15H20N6OS/c1-4-5-6-7-17-13(22)15-19-10-11-9(18-8-21(11)3)12(16-2)20-14(10)23-15/h8H,4-7H2,1-3H3,(H,16,20)(H,17,22). The molecule has 0 radical (unpaired) electrons. The second-order valence-electron chi connectivity index (χ2n) is 5.40. The van der Waals surface area contributed by atoms with Crippen molar-refractivity contribution in [2.45, 2.75) is 26.2 Å². The monoisotopic (exact) mass is 332 g/mol. The number of unbranched alkanes of at least 4 members (excludes halogenated alkanes) is 2. The fraction of sp³-hybridized carbons (Fsp3) is 0.467. The third-order valence-corrected chi connectivity index (χ3v) is 4.65. The van der Waals surface area contributed by atoms with Crippen molar-refractivity contribution in [3.05, 3.63) is 11.3 Å². The molecule has 122 valence electrons. The van der Waals surface area contributed by atoms with E-state index in [4.69, 9.17) is 0 Å². The number of nitrogens with zero attached hydrogens (tertiary/aromatic N) is 4. The van der Waals surface area contributed by atoms with Crippen LogP contribution in [0.25, 0.3) is 21.4 Å². The number of aryl methyl sites for hydroxylation is 1. The minimum Gasteiger partial charge on any atom is -0.371 e. The summed E-state index contributed by atoms with van der Waals surface area (Å²) in [6, 6.07) is 0. The maximum Gasteiger partial charge on any atom is 0.280 e. The molecule has 0 atom stereocenters. The van der Waals surface area contributed by atoms with Crippen LogP contribution >= 0.6 is 11.3 Å². The highest BCUT2D eigenvalue weighted by atomic mass is 32.1. The molecule has 3 aromatic heterocycles. The zero-order valence-corrected chi connectivity index (χ0v) is 14.3. The Kier molecular flexibility index (Phi) is 4.42. The van der Waals surface area contributed by atoms with Crippen molar-refractivity contribution < 1.29 is 4.79 Å². The van der Waals surface area contributed by atoms with E-state index < -0.39 is 0 Å². The van der Waals surface area contributed by atoms with Crippen molar-refractivity contribution in [1.29, 1.82) is 0 Å². The van der Waals surface area contributed by atoms with Crippen molar-refractivity contribution in [3.63, 3.8) is 0 Å². The summed E-state index contributed by atoms with van der Waals surface area (Å²) in [6.45, 7) is 2.82. The first-order valence-electron chi connectivity index (χ1n) is 7.73. The predicted octanol–water partition coefficient (Wildman–Crippen LogP) is 2.54. The first-order valence-corrected chi connectivity index (χ1v) is 8.54. The Morgan fingerprint density at radius 1 is 1.30 bits per heavy atom. The van der Waals surface area contributed by atoms with Gasteiger partial charge in [-0.25, -0.2) is 15.0 Å². The van der Waals surface area contributed by atoms with Crippen LogP contribution in [0.15, 0.2) is 6.33 Å². The van der Waals surface area contributed by atoms with E-state index in [2.05, 4.69) is 32.5 Å². The third kappa shape index (κ3) is 2.86. The third-order valence-electron chi connectivity index (χ3n) is 3.71. The molecule has 0 aliphatic heterocycles. The highest BCUT2D eigenvalue weighted by Crippen LogP contribution is 2.30. The number of imidazole rings is 1. The van der Waals surface area contributed by atoms with Crippen LogP contribution in [-0.4, -0.2) is 39.0 Å². The van der Waals surface area contributed by atoms with Gasteiger partial charge in [0.05, 0.1) is 6.33 Å². The molecule has 1 amide bonds. The minimum atomic E-state index is -0.134. The number of anilines is 1. The van der Waals surface area contributed by atoms with Gasteiger partial charge in [0.2, 0.25) is 0 Å². The van der Waals surface area contributed by atoms with Crippen molar-refractivity contribution in [2.24, 2.45) is 7.05 Å². The number of aromatic nitrogens is 4. The molecule has 0 saturated carbocycles. The van der Waals surface area contributed by atoms with Gasteiger partial charge in [0.25, 0.3) is 5.91 Å². The zero-order chi connectivity index (χ0) is 16.4. The van der Waals surface area contributed by atoms with Crippen molar-refractivity contribution in [3.8, 4) is 0 Å². The number of hydrogen-bond acceptors (Lipinski definition) is 6. The highest BCUT2D eigenvalue weighted by molar-refractivity contribution is 7.20. The van der Waals surface area contributed by atoms with Gasteiger partial charge in [0.1, 0.15) is 21.4 Å². The van der Waals surface area contributed by atoms with Crippen LogP contribution in [0.5, 0.6) is 0 Å². The molecule has 0 saturated heterocycles. The molecule has 8 heteroatoms. The average Bonchev–Trinajstić information content (AvgIpc) is 3.14. The summed E-state index contributed by atoms with van der Waals surface area (Å²) in [5, 5.41) is 6.42. The Hall–Kier alpha value is -2.22. The molecular formula is C15H20N6OS. The van der Waals surface area contributed by atoms with E-state index >= 15 is 0 Å². The molecule has 0 spiro atoms. The van der Waals surface area contributed by atoms with E-state index in [1.807, 2.05) is 18.7 Å². The Labute approximate surface area is 138 Å². The lowest BCUT2D eigenvalue weighted by Crippen LogP contribution is -2.24. The largest absolute Gasteiger partial charge is 0.371 e. The lowest BCUT2D eigenvalue weighted by molar-refractivity contribution is 0.0953. The second kappa shape index (κ2) is 6.49. The van der Waals surface area contributed by atoms with Gasteiger partial charge in [-0.1, -0.05) is 31.1 Å². The first kappa shape index (κ1) is 15.7. The van der Waals surface area contributed by atoms with Gasteiger partial charge in [-0.3, -0.25) is 4.79 Å². The van der Waals surface area contributed by atoms with Gasteiger partial charge in [-0.2, -0.15) is 0 Å². The van der Waals surface area contributed by atoms with Gasteiger partial charge < -0.3 is 15.2 Å². The molecule has 0 aliphatic rings. The van der Waals surface area contributed by atoms with Crippen molar-refractivity contribution >= 4 is 44.4 Å². The number of pyridine rings is 1. The number of amides is 1. The maximum absolute atomic E-state index is 12.3. The van der Waals surface area contributed by atoms with Gasteiger partial charge in [0, 0.05) is 20.6 Å². The Bertz CT molecular complexity index is 853. The van der Waals surface area contributed by atoms with Gasteiger partial charge in [-0.05, 0) is 6.42 Å². The van der Waals surface area contributed by atoms with Crippen molar-refractivity contribution in [1.82, 2.24) is 24.8 Å². The summed E-state index contributed by atoms with van der Waals surface area (Å²) in [5.41, 5.74) is 2.38. The molecule has 0 aliphatic carbocycles. The normalized spacial score (nSPS) is 11.3. The number of hydrogen-bond donors (Lipinski definition) is 2. The van der Waals surface area contributed by atoms with Crippen LogP contribution < -0.4 is 10.6 Å². The summed E-state index contributed by atoms with van der Waals surface area (Å²) in [5.74, 6) is 0.567. The molecule has 3 aromatic rings. The Morgan fingerprint density at radius 2 is 2.13 bits per heavy atom. The van der Waals surface area contributed by atoms with Crippen LogP contribution in [0.3, 0.4) is 0 Å². The molecular weight excluding hydrogens is 312 g/mol. The van der Waals surface area contributed by atoms with E-state index in [9.17, 15) is 4.79 Å². The molecule has 0 unspecified atom stereocenters. The predicted molar refractivity (Wildman–Crippen MR) is 93.1 cm³/mol. The molecule has 0 fully saturated rings. The van der Waals surface area contributed by atoms with E-state index in [1.165, 1.54) is 11.3 Å².